The van der Waals surface area contributed by atoms with Crippen molar-refractivity contribution in [1.29, 1.82) is 0 Å². The Morgan fingerprint density at radius 1 is 1.32 bits per heavy atom. The zero-order valence-corrected chi connectivity index (χ0v) is 15.5. The first-order valence-electron chi connectivity index (χ1n) is 7.12. The molecular weight excluding hydrogens is 393 g/mol. The summed E-state index contributed by atoms with van der Waals surface area (Å²) in [6, 6.07) is 3.87. The molecule has 0 fully saturated rings. The van der Waals surface area contributed by atoms with E-state index >= 15 is 0 Å². The number of hydrogen-bond acceptors (Lipinski definition) is 5. The molecule has 0 atom stereocenters. The largest absolute Gasteiger partial charge is 0.349 e. The van der Waals surface area contributed by atoms with Gasteiger partial charge in [-0.3, -0.25) is 14.9 Å². The second-order valence-corrected chi connectivity index (χ2v) is 5.58. The third-order valence-corrected chi connectivity index (χ3v) is 3.68. The van der Waals surface area contributed by atoms with Crippen LogP contribution in [0.25, 0.3) is 5.69 Å². The van der Waals surface area contributed by atoms with Gasteiger partial charge >= 0.3 is 0 Å². The van der Waals surface area contributed by atoms with Crippen molar-refractivity contribution in [3.8, 4) is 5.69 Å². The molecule has 0 saturated heterocycles. The molecule has 0 saturated carbocycles. The number of hydrogen-bond donors (Lipinski definition) is 2. The maximum atomic E-state index is 12.0. The molecule has 136 valence electrons. The molecule has 0 aliphatic heterocycles. The lowest BCUT2D eigenvalue weighted by atomic mass is 10.3. The molecular formula is C14H16Cl3N5O3. The molecule has 0 aliphatic carbocycles. The van der Waals surface area contributed by atoms with Crippen LogP contribution in [0, 0.1) is 10.1 Å². The van der Waals surface area contributed by atoms with Crippen molar-refractivity contribution >= 4 is 47.2 Å². The van der Waals surface area contributed by atoms with Gasteiger partial charge in [-0.1, -0.05) is 30.1 Å². The standard InChI is InChI=1S/C14H15Cl2N5O3.ClH/c1-2-17-4-5-18-14(22)12-3-6-20(19-12)13-10(15)7-9(21(23)24)8-11(13)16;/h3,6-8,17H,2,4-5H2,1H3,(H,18,22);1H. The van der Waals surface area contributed by atoms with Gasteiger partial charge in [-0.05, 0) is 12.6 Å². The van der Waals surface area contributed by atoms with E-state index < -0.39 is 4.92 Å². The van der Waals surface area contributed by atoms with Gasteiger partial charge < -0.3 is 10.6 Å². The van der Waals surface area contributed by atoms with Crippen LogP contribution in [0.15, 0.2) is 24.4 Å². The molecule has 0 unspecified atom stereocenters. The van der Waals surface area contributed by atoms with E-state index in [2.05, 4.69) is 15.7 Å². The average molecular weight is 409 g/mol. The van der Waals surface area contributed by atoms with Gasteiger partial charge in [0.1, 0.15) is 5.69 Å². The second-order valence-electron chi connectivity index (χ2n) is 4.77. The number of nitro benzene ring substituents is 1. The van der Waals surface area contributed by atoms with Crippen molar-refractivity contribution in [3.63, 3.8) is 0 Å². The molecule has 0 radical (unpaired) electrons. The van der Waals surface area contributed by atoms with Crippen molar-refractivity contribution in [3.05, 3.63) is 50.2 Å². The minimum Gasteiger partial charge on any atom is -0.349 e. The summed E-state index contributed by atoms with van der Waals surface area (Å²) in [5, 5.41) is 20.9. The highest BCUT2D eigenvalue weighted by atomic mass is 35.5. The van der Waals surface area contributed by atoms with E-state index in [-0.39, 0.29) is 45.4 Å². The van der Waals surface area contributed by atoms with Crippen LogP contribution in [0.1, 0.15) is 17.4 Å². The molecule has 0 bridgehead atoms. The maximum Gasteiger partial charge on any atom is 0.272 e. The molecule has 25 heavy (non-hydrogen) atoms. The lowest BCUT2D eigenvalue weighted by Crippen LogP contribution is -2.32. The molecule has 0 spiro atoms. The summed E-state index contributed by atoms with van der Waals surface area (Å²) in [5.74, 6) is -0.333. The van der Waals surface area contributed by atoms with Crippen LogP contribution in [0.5, 0.6) is 0 Å². The van der Waals surface area contributed by atoms with E-state index in [1.165, 1.54) is 29.1 Å². The van der Waals surface area contributed by atoms with Gasteiger partial charge in [0.2, 0.25) is 0 Å². The van der Waals surface area contributed by atoms with Crippen LogP contribution >= 0.6 is 35.6 Å². The third kappa shape index (κ3) is 5.30. The van der Waals surface area contributed by atoms with Crippen LogP contribution in [0.2, 0.25) is 10.0 Å². The number of non-ortho nitro benzene ring substituents is 1. The first-order valence-corrected chi connectivity index (χ1v) is 7.88. The van der Waals surface area contributed by atoms with Crippen molar-refractivity contribution < 1.29 is 9.72 Å². The van der Waals surface area contributed by atoms with Gasteiger partial charge in [0, 0.05) is 31.4 Å². The Bertz CT molecular complexity index is 743. The van der Waals surface area contributed by atoms with Crippen LogP contribution in [0.3, 0.4) is 0 Å². The summed E-state index contributed by atoms with van der Waals surface area (Å²) in [6.07, 6.45) is 1.51. The highest BCUT2D eigenvalue weighted by Crippen LogP contribution is 2.32. The zero-order valence-electron chi connectivity index (χ0n) is 13.2. The molecule has 1 amide bonds. The summed E-state index contributed by atoms with van der Waals surface area (Å²) in [7, 11) is 0. The Morgan fingerprint density at radius 3 is 2.52 bits per heavy atom. The molecule has 1 aromatic heterocycles. The van der Waals surface area contributed by atoms with Crippen LogP contribution in [0.4, 0.5) is 5.69 Å². The average Bonchev–Trinajstić information content (AvgIpc) is 3.00. The number of benzene rings is 1. The molecule has 8 nitrogen and oxygen atoms in total. The fourth-order valence-electron chi connectivity index (χ4n) is 1.98. The molecule has 0 aliphatic rings. The topological polar surface area (TPSA) is 102 Å². The zero-order chi connectivity index (χ0) is 17.7. The first kappa shape index (κ1) is 21.2. The number of amides is 1. The number of halogens is 3. The quantitative estimate of drug-likeness (QED) is 0.417. The number of nitro groups is 1. The number of aromatic nitrogens is 2. The van der Waals surface area contributed by atoms with E-state index in [4.69, 9.17) is 23.2 Å². The Kier molecular flexibility index (Phi) is 8.11. The predicted molar refractivity (Wildman–Crippen MR) is 98.4 cm³/mol. The summed E-state index contributed by atoms with van der Waals surface area (Å²) < 4.78 is 1.31. The highest BCUT2D eigenvalue weighted by molar-refractivity contribution is 6.38. The minimum absolute atomic E-state index is 0. The van der Waals surface area contributed by atoms with E-state index in [1.54, 1.807) is 0 Å². The van der Waals surface area contributed by atoms with Gasteiger partial charge in [0.25, 0.3) is 11.6 Å². The van der Waals surface area contributed by atoms with E-state index in [9.17, 15) is 14.9 Å². The number of nitrogens with one attached hydrogen (secondary N) is 2. The van der Waals surface area contributed by atoms with E-state index in [0.717, 1.165) is 6.54 Å². The monoisotopic (exact) mass is 407 g/mol. The van der Waals surface area contributed by atoms with E-state index in [0.29, 0.717) is 13.1 Å². The van der Waals surface area contributed by atoms with E-state index in [1.807, 2.05) is 6.92 Å². The SMILES string of the molecule is CCNCCNC(=O)c1ccn(-c2c(Cl)cc([N+](=O)[O-])cc2Cl)n1.Cl. The third-order valence-electron chi connectivity index (χ3n) is 3.10. The fourth-order valence-corrected chi connectivity index (χ4v) is 2.63. The maximum absolute atomic E-state index is 12.0. The molecule has 1 aromatic carbocycles. The van der Waals surface area contributed by atoms with Crippen LogP contribution < -0.4 is 10.6 Å². The Labute approximate surface area is 160 Å². The molecule has 2 N–H and O–H groups in total. The summed E-state index contributed by atoms with van der Waals surface area (Å²) in [4.78, 5) is 22.2. The lowest BCUT2D eigenvalue weighted by Gasteiger charge is -2.07. The second kappa shape index (κ2) is 9.57. The predicted octanol–water partition coefficient (Wildman–Crippen LogP) is 2.85. The molecule has 2 aromatic rings. The Hall–Kier alpha value is -1.87. The number of carbonyl (C=O) groups is 1. The van der Waals surface area contributed by atoms with Crippen molar-refractivity contribution in [2.75, 3.05) is 19.6 Å². The van der Waals surface area contributed by atoms with Crippen molar-refractivity contribution in [2.45, 2.75) is 6.92 Å². The first-order chi connectivity index (χ1) is 11.4. The van der Waals surface area contributed by atoms with Crippen molar-refractivity contribution in [1.82, 2.24) is 20.4 Å². The van der Waals surface area contributed by atoms with Gasteiger partial charge in [-0.25, -0.2) is 4.68 Å². The Balaban J connectivity index is 0.00000312. The number of likely N-dealkylation sites (N-methyl/N-ethyl adjacent to an activating group) is 1. The molecule has 11 heteroatoms. The number of rotatable bonds is 7. The van der Waals surface area contributed by atoms with Gasteiger partial charge in [-0.2, -0.15) is 5.10 Å². The molecule has 2 rings (SSSR count). The molecule has 1 heterocycles. The smallest absolute Gasteiger partial charge is 0.272 e. The van der Waals surface area contributed by atoms with Gasteiger partial charge in [0.15, 0.2) is 5.69 Å². The van der Waals surface area contributed by atoms with Gasteiger partial charge in [-0.15, -0.1) is 12.4 Å². The highest BCUT2D eigenvalue weighted by Gasteiger charge is 2.18. The number of nitrogens with zero attached hydrogens (tertiary/aromatic N) is 3. The van der Waals surface area contributed by atoms with Gasteiger partial charge in [0.05, 0.1) is 15.0 Å². The Morgan fingerprint density at radius 2 is 1.96 bits per heavy atom. The summed E-state index contributed by atoms with van der Waals surface area (Å²) in [6.45, 7) is 3.92. The number of carbonyl (C=O) groups excluding carboxylic acids is 1. The normalized spacial score (nSPS) is 10.2. The minimum atomic E-state index is -0.589. The lowest BCUT2D eigenvalue weighted by molar-refractivity contribution is -0.384. The van der Waals surface area contributed by atoms with Crippen molar-refractivity contribution in [2.24, 2.45) is 0 Å². The fraction of sp³-hybridized carbons (Fsp3) is 0.286. The summed E-state index contributed by atoms with van der Waals surface area (Å²) in [5.41, 5.74) is 0.245. The van der Waals surface area contributed by atoms with Crippen LogP contribution in [-0.4, -0.2) is 40.2 Å². The van der Waals surface area contributed by atoms with Crippen LogP contribution in [-0.2, 0) is 0 Å². The summed E-state index contributed by atoms with van der Waals surface area (Å²) >= 11 is 12.1.